The lowest BCUT2D eigenvalue weighted by Crippen LogP contribution is -2.53. The van der Waals surface area contributed by atoms with Gasteiger partial charge in [-0.05, 0) is 0 Å². The molecule has 1 spiro atoms. The first kappa shape index (κ1) is 9.98. The number of methoxy groups -OCH3 is 1. The van der Waals surface area contributed by atoms with Gasteiger partial charge in [0.25, 0.3) is 0 Å². The minimum absolute atomic E-state index is 0.00102. The first-order valence-corrected chi connectivity index (χ1v) is 5.48. The van der Waals surface area contributed by atoms with Gasteiger partial charge >= 0.3 is 5.97 Å². The van der Waals surface area contributed by atoms with Crippen molar-refractivity contribution in [3.8, 4) is 0 Å². The fourth-order valence-corrected chi connectivity index (χ4v) is 3.12. The van der Waals surface area contributed by atoms with E-state index in [0.717, 1.165) is 0 Å². The number of ether oxygens (including phenoxy) is 2. The van der Waals surface area contributed by atoms with Gasteiger partial charge in [0.05, 0.1) is 25.1 Å². The number of carbonyl (C=O) groups is 2. The summed E-state index contributed by atoms with van der Waals surface area (Å²) < 4.78 is 9.65. The molecule has 0 aliphatic carbocycles. The fourth-order valence-electron chi connectivity index (χ4n) is 1.70. The number of carbonyl (C=O) groups excluding carboxylic acids is 2. The van der Waals surface area contributed by atoms with E-state index in [4.69, 9.17) is 4.74 Å². The Balaban J connectivity index is 2.00. The zero-order valence-electron chi connectivity index (χ0n) is 7.95. The molecule has 0 radical (unpaired) electrons. The Morgan fingerprint density at radius 3 is 2.79 bits per heavy atom. The summed E-state index contributed by atoms with van der Waals surface area (Å²) in [6.07, 6.45) is 0.442. The van der Waals surface area contributed by atoms with Crippen LogP contribution in [-0.2, 0) is 19.1 Å². The minimum Gasteiger partial charge on any atom is -0.468 e. The van der Waals surface area contributed by atoms with E-state index in [-0.39, 0.29) is 10.5 Å². The fraction of sp³-hybridized carbons (Fsp3) is 0.778. The number of Topliss-reactive ketones (excluding diaryl/α,β-unsaturated/α-hetero) is 1. The van der Waals surface area contributed by atoms with Gasteiger partial charge in [-0.25, -0.2) is 0 Å². The van der Waals surface area contributed by atoms with Crippen LogP contribution < -0.4 is 0 Å². The quantitative estimate of drug-likeness (QED) is 0.464. The molecule has 2 fully saturated rings. The number of hydrogen-bond donors (Lipinski definition) is 0. The zero-order chi connectivity index (χ0) is 10.2. The summed E-state index contributed by atoms with van der Waals surface area (Å²) in [6, 6.07) is 0. The smallest absolute Gasteiger partial charge is 0.317 e. The van der Waals surface area contributed by atoms with Gasteiger partial charge in [-0.1, -0.05) is 0 Å². The van der Waals surface area contributed by atoms with Gasteiger partial charge in [-0.15, -0.1) is 11.8 Å². The molecule has 0 amide bonds. The lowest BCUT2D eigenvalue weighted by molar-refractivity contribution is -0.149. The Hall–Kier alpha value is -0.550. The summed E-state index contributed by atoms with van der Waals surface area (Å²) >= 11 is 1.66. The third-order valence-electron chi connectivity index (χ3n) is 2.66. The number of rotatable bonds is 1. The Bertz CT molecular complexity index is 272. The Labute approximate surface area is 86.3 Å². The standard InChI is InChI=1S/C9H12O4S/c1-12-8(11)6-3-14-9(2-7(6)10)4-13-5-9/h6H,2-5H2,1H3. The maximum atomic E-state index is 11.6. The third kappa shape index (κ3) is 1.54. The largest absolute Gasteiger partial charge is 0.468 e. The van der Waals surface area contributed by atoms with Gasteiger partial charge in [0.2, 0.25) is 0 Å². The summed E-state index contributed by atoms with van der Waals surface area (Å²) in [5, 5.41) is 0. The first-order chi connectivity index (χ1) is 6.67. The second kappa shape index (κ2) is 3.55. The van der Waals surface area contributed by atoms with Crippen molar-refractivity contribution >= 4 is 23.5 Å². The molecule has 0 aromatic heterocycles. The molecule has 0 aromatic carbocycles. The molecule has 14 heavy (non-hydrogen) atoms. The highest BCUT2D eigenvalue weighted by atomic mass is 32.2. The van der Waals surface area contributed by atoms with E-state index in [2.05, 4.69) is 4.74 Å². The molecular weight excluding hydrogens is 204 g/mol. The van der Waals surface area contributed by atoms with Gasteiger partial charge in [0, 0.05) is 12.2 Å². The van der Waals surface area contributed by atoms with Crippen LogP contribution in [0.25, 0.3) is 0 Å². The molecule has 0 N–H and O–H groups in total. The van der Waals surface area contributed by atoms with Crippen LogP contribution in [0.2, 0.25) is 0 Å². The van der Waals surface area contributed by atoms with Crippen LogP contribution in [0.5, 0.6) is 0 Å². The zero-order valence-corrected chi connectivity index (χ0v) is 8.76. The van der Waals surface area contributed by atoms with Crippen molar-refractivity contribution in [2.24, 2.45) is 5.92 Å². The highest BCUT2D eigenvalue weighted by Crippen LogP contribution is 2.42. The summed E-state index contributed by atoms with van der Waals surface area (Å²) in [7, 11) is 1.32. The minimum atomic E-state index is -0.559. The van der Waals surface area contributed by atoms with Gasteiger partial charge in [0.15, 0.2) is 0 Å². The third-order valence-corrected chi connectivity index (χ3v) is 4.15. The van der Waals surface area contributed by atoms with Crippen LogP contribution in [0.3, 0.4) is 0 Å². The average Bonchev–Trinajstić information content (AvgIpc) is 2.14. The van der Waals surface area contributed by atoms with Crippen LogP contribution in [0.1, 0.15) is 6.42 Å². The monoisotopic (exact) mass is 216 g/mol. The molecule has 0 aromatic rings. The van der Waals surface area contributed by atoms with Crippen LogP contribution in [0.15, 0.2) is 0 Å². The van der Waals surface area contributed by atoms with Crippen molar-refractivity contribution in [3.05, 3.63) is 0 Å². The van der Waals surface area contributed by atoms with Gasteiger partial charge in [0.1, 0.15) is 11.7 Å². The molecule has 2 aliphatic rings. The van der Waals surface area contributed by atoms with Crippen LogP contribution in [0, 0.1) is 5.92 Å². The molecule has 2 aliphatic heterocycles. The summed E-state index contributed by atoms with van der Waals surface area (Å²) in [4.78, 5) is 22.8. The molecule has 0 saturated carbocycles. The van der Waals surface area contributed by atoms with Crippen molar-refractivity contribution < 1.29 is 19.1 Å². The van der Waals surface area contributed by atoms with E-state index in [9.17, 15) is 9.59 Å². The topological polar surface area (TPSA) is 52.6 Å². The normalized spacial score (nSPS) is 29.8. The van der Waals surface area contributed by atoms with Crippen molar-refractivity contribution in [1.29, 1.82) is 0 Å². The van der Waals surface area contributed by atoms with E-state index in [1.165, 1.54) is 7.11 Å². The summed E-state index contributed by atoms with van der Waals surface area (Å²) in [5.41, 5.74) is 0. The molecule has 5 heteroatoms. The molecular formula is C9H12O4S. The van der Waals surface area contributed by atoms with Crippen molar-refractivity contribution in [2.75, 3.05) is 26.1 Å². The average molecular weight is 216 g/mol. The maximum Gasteiger partial charge on any atom is 0.317 e. The predicted molar refractivity (Wildman–Crippen MR) is 51.1 cm³/mol. The molecule has 1 atom stereocenters. The second-order valence-electron chi connectivity index (χ2n) is 3.71. The number of hydrogen-bond acceptors (Lipinski definition) is 5. The maximum absolute atomic E-state index is 11.6. The van der Waals surface area contributed by atoms with E-state index in [1.807, 2.05) is 0 Å². The molecule has 4 nitrogen and oxygen atoms in total. The van der Waals surface area contributed by atoms with Gasteiger partial charge in [-0.2, -0.15) is 0 Å². The number of thioether (sulfide) groups is 1. The van der Waals surface area contributed by atoms with Crippen LogP contribution in [-0.4, -0.2) is 42.6 Å². The van der Waals surface area contributed by atoms with Gasteiger partial charge in [-0.3, -0.25) is 9.59 Å². The molecule has 78 valence electrons. The van der Waals surface area contributed by atoms with E-state index >= 15 is 0 Å². The van der Waals surface area contributed by atoms with Crippen molar-refractivity contribution in [1.82, 2.24) is 0 Å². The first-order valence-electron chi connectivity index (χ1n) is 4.49. The molecule has 2 heterocycles. The second-order valence-corrected chi connectivity index (χ2v) is 5.19. The van der Waals surface area contributed by atoms with E-state index in [1.54, 1.807) is 11.8 Å². The molecule has 2 saturated heterocycles. The highest BCUT2D eigenvalue weighted by Gasteiger charge is 2.48. The number of esters is 1. The molecule has 1 unspecified atom stereocenters. The van der Waals surface area contributed by atoms with Crippen molar-refractivity contribution in [2.45, 2.75) is 11.2 Å². The van der Waals surface area contributed by atoms with Gasteiger partial charge < -0.3 is 9.47 Å². The molecule has 0 bridgehead atoms. The Morgan fingerprint density at radius 2 is 2.36 bits per heavy atom. The summed E-state index contributed by atoms with van der Waals surface area (Å²) in [5.74, 6) is -0.429. The SMILES string of the molecule is COC(=O)C1CSC2(COC2)CC1=O. The highest BCUT2D eigenvalue weighted by molar-refractivity contribution is 8.00. The van der Waals surface area contributed by atoms with Crippen molar-refractivity contribution in [3.63, 3.8) is 0 Å². The van der Waals surface area contributed by atoms with Crippen LogP contribution in [0.4, 0.5) is 0 Å². The summed E-state index contributed by atoms with van der Waals surface area (Å²) in [6.45, 7) is 1.27. The number of ketones is 1. The van der Waals surface area contributed by atoms with E-state index in [0.29, 0.717) is 25.4 Å². The predicted octanol–water partition coefficient (Wildman–Crippen LogP) is 0.251. The Morgan fingerprint density at radius 1 is 1.64 bits per heavy atom. The van der Waals surface area contributed by atoms with Crippen LogP contribution >= 0.6 is 11.8 Å². The lowest BCUT2D eigenvalue weighted by atomic mass is 9.92. The Kier molecular flexibility index (Phi) is 2.53. The van der Waals surface area contributed by atoms with E-state index < -0.39 is 11.9 Å². The molecule has 2 rings (SSSR count). The lowest BCUT2D eigenvalue weighted by Gasteiger charge is -2.44.